The van der Waals surface area contributed by atoms with Crippen molar-refractivity contribution in [1.82, 2.24) is 10.9 Å². The van der Waals surface area contributed by atoms with Crippen molar-refractivity contribution in [3.8, 4) is 11.5 Å². The average molecular weight is 427 g/mol. The van der Waals surface area contributed by atoms with Crippen molar-refractivity contribution >= 4 is 11.8 Å². The molecule has 0 heterocycles. The van der Waals surface area contributed by atoms with Crippen LogP contribution in [0.3, 0.4) is 0 Å². The molecule has 0 aromatic heterocycles. The van der Waals surface area contributed by atoms with E-state index in [0.29, 0.717) is 18.8 Å². The largest absolute Gasteiger partial charge is 0.493 e. The third-order valence-corrected chi connectivity index (χ3v) is 5.23. The lowest BCUT2D eigenvalue weighted by Crippen LogP contribution is -2.49. The van der Waals surface area contributed by atoms with E-state index in [9.17, 15) is 9.59 Å². The summed E-state index contributed by atoms with van der Waals surface area (Å²) in [7, 11) is 0. The summed E-state index contributed by atoms with van der Waals surface area (Å²) in [5, 5.41) is 0. The van der Waals surface area contributed by atoms with Gasteiger partial charge in [-0.1, -0.05) is 44.2 Å². The minimum atomic E-state index is -0.647. The first-order valence-electron chi connectivity index (χ1n) is 10.6. The van der Waals surface area contributed by atoms with E-state index < -0.39 is 11.3 Å². The van der Waals surface area contributed by atoms with E-state index in [2.05, 4.69) is 16.9 Å². The van der Waals surface area contributed by atoms with Crippen LogP contribution in [0.1, 0.15) is 48.9 Å². The number of rotatable bonds is 9. The number of amides is 2. The fraction of sp³-hybridized carbons (Fsp3) is 0.440. The maximum Gasteiger partial charge on any atom is 0.276 e. The summed E-state index contributed by atoms with van der Waals surface area (Å²) in [5.41, 5.74) is 8.45. The number of benzene rings is 2. The van der Waals surface area contributed by atoms with Crippen LogP contribution in [0.5, 0.6) is 11.5 Å². The second-order valence-electron chi connectivity index (χ2n) is 8.62. The number of hydrogen-bond acceptors (Lipinski definition) is 4. The molecule has 168 valence electrons. The number of ether oxygens (including phenoxy) is 2. The van der Waals surface area contributed by atoms with Crippen molar-refractivity contribution in [2.24, 2.45) is 5.41 Å². The third kappa shape index (κ3) is 7.31. The summed E-state index contributed by atoms with van der Waals surface area (Å²) in [6.45, 7) is 11.9. The highest BCUT2D eigenvalue weighted by Crippen LogP contribution is 2.24. The van der Waals surface area contributed by atoms with Crippen LogP contribution in [0.15, 0.2) is 36.4 Å². The van der Waals surface area contributed by atoms with Crippen LogP contribution in [0.25, 0.3) is 0 Å². The average Bonchev–Trinajstić information content (AvgIpc) is 2.71. The molecule has 2 amide bonds. The molecule has 0 bridgehead atoms. The van der Waals surface area contributed by atoms with Gasteiger partial charge in [0.05, 0.1) is 6.61 Å². The molecule has 6 heteroatoms. The summed E-state index contributed by atoms with van der Waals surface area (Å²) < 4.78 is 11.5. The van der Waals surface area contributed by atoms with Crippen LogP contribution >= 0.6 is 0 Å². The highest BCUT2D eigenvalue weighted by molar-refractivity contribution is 5.85. The van der Waals surface area contributed by atoms with Crippen LogP contribution in [-0.2, 0) is 9.59 Å². The topological polar surface area (TPSA) is 76.7 Å². The number of nitrogens with one attached hydrogen (secondary N) is 2. The molecule has 0 saturated heterocycles. The highest BCUT2D eigenvalue weighted by Gasteiger charge is 2.27. The van der Waals surface area contributed by atoms with Gasteiger partial charge in [0, 0.05) is 5.41 Å². The molecule has 31 heavy (non-hydrogen) atoms. The van der Waals surface area contributed by atoms with Crippen LogP contribution in [0.4, 0.5) is 0 Å². The first kappa shape index (κ1) is 24.3. The summed E-state index contributed by atoms with van der Waals surface area (Å²) in [5.74, 6) is 0.899. The predicted octanol–water partition coefficient (Wildman–Crippen LogP) is 4.33. The molecular weight excluding hydrogens is 392 g/mol. The van der Waals surface area contributed by atoms with E-state index in [-0.39, 0.29) is 12.5 Å². The quantitative estimate of drug-likeness (QED) is 0.462. The van der Waals surface area contributed by atoms with Crippen LogP contribution < -0.4 is 20.3 Å². The molecule has 0 aliphatic rings. The van der Waals surface area contributed by atoms with Crippen molar-refractivity contribution in [1.29, 1.82) is 0 Å². The van der Waals surface area contributed by atoms with Gasteiger partial charge in [0.15, 0.2) is 6.61 Å². The normalized spacial score (nSPS) is 11.0. The van der Waals surface area contributed by atoms with E-state index in [0.717, 1.165) is 34.4 Å². The first-order valence-corrected chi connectivity index (χ1v) is 10.6. The van der Waals surface area contributed by atoms with Gasteiger partial charge < -0.3 is 9.47 Å². The van der Waals surface area contributed by atoms with Gasteiger partial charge in [0.25, 0.3) is 5.91 Å². The maximum atomic E-state index is 12.5. The van der Waals surface area contributed by atoms with E-state index in [1.165, 1.54) is 0 Å². The number of carbonyl (C=O) groups excluding carboxylic acids is 2. The number of hydrazine groups is 1. The second-order valence-corrected chi connectivity index (χ2v) is 8.62. The van der Waals surface area contributed by atoms with Crippen LogP contribution in [0.2, 0.25) is 0 Å². The Kier molecular flexibility index (Phi) is 8.48. The zero-order valence-corrected chi connectivity index (χ0v) is 19.4. The third-order valence-electron chi connectivity index (χ3n) is 5.23. The van der Waals surface area contributed by atoms with E-state index in [4.69, 9.17) is 9.47 Å². The van der Waals surface area contributed by atoms with Gasteiger partial charge in [-0.15, -0.1) is 0 Å². The molecule has 0 atom stereocenters. The van der Waals surface area contributed by atoms with Gasteiger partial charge in [-0.3, -0.25) is 20.4 Å². The molecule has 6 nitrogen and oxygen atoms in total. The molecule has 2 aromatic rings. The first-order chi connectivity index (χ1) is 14.6. The number of para-hydroxylation sites is 1. The van der Waals surface area contributed by atoms with Crippen molar-refractivity contribution in [3.63, 3.8) is 0 Å². The number of carbonyl (C=O) groups is 2. The lowest BCUT2D eigenvalue weighted by molar-refractivity contribution is -0.135. The molecule has 0 saturated carbocycles. The zero-order chi connectivity index (χ0) is 23.0. The summed E-state index contributed by atoms with van der Waals surface area (Å²) in [4.78, 5) is 24.6. The Balaban J connectivity index is 1.73. The molecule has 2 aromatic carbocycles. The standard InChI is InChI=1S/C25H34N2O4/c1-17-11-12-18(2)21(15-17)30-14-8-13-25(5,6)24(29)27-26-22(28)16-31-23-19(3)9-7-10-20(23)4/h7,9-12,15H,8,13-14,16H2,1-6H3,(H,26,28)(H,27,29). The van der Waals surface area contributed by atoms with E-state index in [1.54, 1.807) is 0 Å². The number of hydrogen-bond donors (Lipinski definition) is 2. The molecule has 0 radical (unpaired) electrons. The Morgan fingerprint density at radius 1 is 0.903 bits per heavy atom. The maximum absolute atomic E-state index is 12.5. The molecular formula is C25H34N2O4. The molecule has 2 rings (SSSR count). The van der Waals surface area contributed by atoms with Crippen LogP contribution in [-0.4, -0.2) is 25.0 Å². The van der Waals surface area contributed by atoms with E-state index in [1.807, 2.05) is 71.9 Å². The predicted molar refractivity (Wildman–Crippen MR) is 122 cm³/mol. The van der Waals surface area contributed by atoms with Crippen molar-refractivity contribution in [3.05, 3.63) is 58.7 Å². The van der Waals surface area contributed by atoms with Crippen molar-refractivity contribution < 1.29 is 19.1 Å². The van der Waals surface area contributed by atoms with Crippen LogP contribution in [0, 0.1) is 33.1 Å². The Hall–Kier alpha value is -3.02. The lowest BCUT2D eigenvalue weighted by atomic mass is 9.87. The molecule has 0 aliphatic carbocycles. The van der Waals surface area contributed by atoms with Crippen molar-refractivity contribution in [2.75, 3.05) is 13.2 Å². The minimum absolute atomic E-state index is 0.171. The zero-order valence-electron chi connectivity index (χ0n) is 19.4. The SMILES string of the molecule is Cc1ccc(C)c(OCCCC(C)(C)C(=O)NNC(=O)COc2c(C)cccc2C)c1. The summed E-state index contributed by atoms with van der Waals surface area (Å²) in [6.07, 6.45) is 1.34. The summed E-state index contributed by atoms with van der Waals surface area (Å²) >= 11 is 0. The van der Waals surface area contributed by atoms with Gasteiger partial charge in [0.1, 0.15) is 11.5 Å². The van der Waals surface area contributed by atoms with E-state index >= 15 is 0 Å². The fourth-order valence-corrected chi connectivity index (χ4v) is 3.17. The lowest BCUT2D eigenvalue weighted by Gasteiger charge is -2.23. The summed E-state index contributed by atoms with van der Waals surface area (Å²) in [6, 6.07) is 11.9. The van der Waals surface area contributed by atoms with Gasteiger partial charge in [-0.25, -0.2) is 0 Å². The van der Waals surface area contributed by atoms with Gasteiger partial charge in [-0.2, -0.15) is 0 Å². The molecule has 0 spiro atoms. The second kappa shape index (κ2) is 10.8. The van der Waals surface area contributed by atoms with Gasteiger partial charge in [0.2, 0.25) is 5.91 Å². The Labute approximate surface area is 185 Å². The fourth-order valence-electron chi connectivity index (χ4n) is 3.17. The Morgan fingerprint density at radius 3 is 2.26 bits per heavy atom. The molecule has 2 N–H and O–H groups in total. The Morgan fingerprint density at radius 2 is 1.58 bits per heavy atom. The monoisotopic (exact) mass is 426 g/mol. The highest BCUT2D eigenvalue weighted by atomic mass is 16.5. The van der Waals surface area contributed by atoms with Gasteiger partial charge >= 0.3 is 0 Å². The molecule has 0 unspecified atom stereocenters. The molecule has 0 fully saturated rings. The molecule has 0 aliphatic heterocycles. The van der Waals surface area contributed by atoms with Crippen molar-refractivity contribution in [2.45, 2.75) is 54.4 Å². The smallest absolute Gasteiger partial charge is 0.276 e. The minimum Gasteiger partial charge on any atom is -0.493 e. The van der Waals surface area contributed by atoms with Gasteiger partial charge in [-0.05, 0) is 68.9 Å². The Bertz CT molecular complexity index is 901. The number of aryl methyl sites for hydroxylation is 4.